The maximum atomic E-state index is 13.6. The fourth-order valence-corrected chi connectivity index (χ4v) is 2.19. The van der Waals surface area contributed by atoms with Gasteiger partial charge in [-0.3, -0.25) is 4.79 Å². The van der Waals surface area contributed by atoms with E-state index in [4.69, 9.17) is 4.74 Å². The number of Topliss-reactive ketones (excluding diaryl/α,β-unsaturated/α-hetero) is 1. The quantitative estimate of drug-likeness (QED) is 0.778. The summed E-state index contributed by atoms with van der Waals surface area (Å²) >= 11 is 1.52. The van der Waals surface area contributed by atoms with Crippen LogP contribution in [0.5, 0.6) is 5.75 Å². The van der Waals surface area contributed by atoms with Crippen LogP contribution in [0.2, 0.25) is 0 Å². The summed E-state index contributed by atoms with van der Waals surface area (Å²) in [7, 11) is 1.46. The van der Waals surface area contributed by atoms with Gasteiger partial charge in [-0.25, -0.2) is 4.39 Å². The van der Waals surface area contributed by atoms with E-state index in [1.54, 1.807) is 6.07 Å². The summed E-state index contributed by atoms with van der Waals surface area (Å²) in [5, 5.41) is 3.78. The number of methoxy groups -OCH3 is 1. The molecule has 17 heavy (non-hydrogen) atoms. The van der Waals surface area contributed by atoms with Gasteiger partial charge in [0.1, 0.15) is 11.6 Å². The van der Waals surface area contributed by atoms with Crippen molar-refractivity contribution in [1.29, 1.82) is 0 Å². The van der Waals surface area contributed by atoms with Gasteiger partial charge >= 0.3 is 0 Å². The van der Waals surface area contributed by atoms with Crippen molar-refractivity contribution >= 4 is 17.1 Å². The van der Waals surface area contributed by atoms with Crippen LogP contribution >= 0.6 is 11.3 Å². The molecule has 0 aliphatic heterocycles. The minimum atomic E-state index is -0.537. The van der Waals surface area contributed by atoms with Crippen molar-refractivity contribution in [2.45, 2.75) is 6.42 Å². The standard InChI is InChI=1S/C13H11FO2S/c1-16-10-2-3-11(12(14)7-10)13(15)6-9-4-5-17-8-9/h2-5,7-8H,6H2,1H3. The lowest BCUT2D eigenvalue weighted by molar-refractivity contribution is 0.0989. The second kappa shape index (κ2) is 5.10. The van der Waals surface area contributed by atoms with Crippen molar-refractivity contribution in [3.63, 3.8) is 0 Å². The molecule has 1 aromatic heterocycles. The highest BCUT2D eigenvalue weighted by molar-refractivity contribution is 7.08. The third-order valence-electron chi connectivity index (χ3n) is 2.42. The van der Waals surface area contributed by atoms with Gasteiger partial charge in [0.15, 0.2) is 5.78 Å². The lowest BCUT2D eigenvalue weighted by Gasteiger charge is -2.04. The maximum Gasteiger partial charge on any atom is 0.170 e. The van der Waals surface area contributed by atoms with Crippen molar-refractivity contribution in [3.05, 3.63) is 52.0 Å². The van der Waals surface area contributed by atoms with Gasteiger partial charge in [-0.2, -0.15) is 11.3 Å². The van der Waals surface area contributed by atoms with E-state index in [9.17, 15) is 9.18 Å². The average Bonchev–Trinajstić information content (AvgIpc) is 2.81. The predicted octanol–water partition coefficient (Wildman–Crippen LogP) is 3.32. The molecular weight excluding hydrogens is 239 g/mol. The molecular formula is C13H11FO2S. The Labute approximate surface area is 103 Å². The number of carbonyl (C=O) groups excluding carboxylic acids is 1. The number of hydrogen-bond donors (Lipinski definition) is 0. The van der Waals surface area contributed by atoms with Crippen molar-refractivity contribution in [1.82, 2.24) is 0 Å². The zero-order chi connectivity index (χ0) is 12.3. The zero-order valence-corrected chi connectivity index (χ0v) is 10.1. The van der Waals surface area contributed by atoms with Gasteiger partial charge in [0, 0.05) is 12.5 Å². The minimum absolute atomic E-state index is 0.108. The Hall–Kier alpha value is -1.68. The van der Waals surface area contributed by atoms with Crippen LogP contribution in [0, 0.1) is 5.82 Å². The first-order valence-electron chi connectivity index (χ1n) is 5.08. The number of hydrogen-bond acceptors (Lipinski definition) is 3. The van der Waals surface area contributed by atoms with E-state index in [1.807, 2.05) is 16.8 Å². The van der Waals surface area contributed by atoms with Gasteiger partial charge in [-0.15, -0.1) is 0 Å². The number of benzene rings is 1. The van der Waals surface area contributed by atoms with Crippen LogP contribution in [0.15, 0.2) is 35.0 Å². The second-order valence-corrected chi connectivity index (χ2v) is 4.36. The second-order valence-electron chi connectivity index (χ2n) is 3.58. The van der Waals surface area contributed by atoms with E-state index in [2.05, 4.69) is 0 Å². The van der Waals surface area contributed by atoms with Crippen LogP contribution in [0.4, 0.5) is 4.39 Å². The number of halogens is 1. The monoisotopic (exact) mass is 250 g/mol. The molecule has 4 heteroatoms. The van der Waals surface area contributed by atoms with Crippen LogP contribution in [0.1, 0.15) is 15.9 Å². The molecule has 2 nitrogen and oxygen atoms in total. The van der Waals surface area contributed by atoms with Gasteiger partial charge in [-0.05, 0) is 34.5 Å². The number of ketones is 1. The fourth-order valence-electron chi connectivity index (χ4n) is 1.52. The number of carbonyl (C=O) groups is 1. The first-order chi connectivity index (χ1) is 8.20. The molecule has 0 spiro atoms. The summed E-state index contributed by atoms with van der Waals surface area (Å²) in [5.41, 5.74) is 1.02. The number of thiophene rings is 1. The zero-order valence-electron chi connectivity index (χ0n) is 9.27. The highest BCUT2D eigenvalue weighted by atomic mass is 32.1. The van der Waals surface area contributed by atoms with Crippen molar-refractivity contribution in [2.75, 3.05) is 7.11 Å². The predicted molar refractivity (Wildman–Crippen MR) is 65.3 cm³/mol. The third kappa shape index (κ3) is 2.71. The summed E-state index contributed by atoms with van der Waals surface area (Å²) < 4.78 is 18.5. The van der Waals surface area contributed by atoms with E-state index in [-0.39, 0.29) is 17.8 Å². The molecule has 0 amide bonds. The Bertz CT molecular complexity index is 520. The van der Waals surface area contributed by atoms with E-state index in [0.29, 0.717) is 5.75 Å². The molecule has 1 heterocycles. The fraction of sp³-hybridized carbons (Fsp3) is 0.154. The summed E-state index contributed by atoms with van der Waals surface area (Å²) in [6, 6.07) is 6.14. The van der Waals surface area contributed by atoms with Crippen LogP contribution in [0.25, 0.3) is 0 Å². The average molecular weight is 250 g/mol. The topological polar surface area (TPSA) is 26.3 Å². The van der Waals surface area contributed by atoms with Crippen LogP contribution < -0.4 is 4.74 Å². The summed E-state index contributed by atoms with van der Waals surface area (Å²) in [4.78, 5) is 11.9. The van der Waals surface area contributed by atoms with Crippen LogP contribution in [0.3, 0.4) is 0 Å². The lowest BCUT2D eigenvalue weighted by atomic mass is 10.0. The van der Waals surface area contributed by atoms with Gasteiger partial charge in [-0.1, -0.05) is 0 Å². The molecule has 2 rings (SSSR count). The molecule has 0 aliphatic rings. The summed E-state index contributed by atoms with van der Waals surface area (Å²) in [6.45, 7) is 0. The Balaban J connectivity index is 2.19. The van der Waals surface area contributed by atoms with Crippen LogP contribution in [-0.2, 0) is 6.42 Å². The highest BCUT2D eigenvalue weighted by Gasteiger charge is 2.13. The Morgan fingerprint density at radius 3 is 2.82 bits per heavy atom. The smallest absolute Gasteiger partial charge is 0.170 e. The van der Waals surface area contributed by atoms with Crippen LogP contribution in [-0.4, -0.2) is 12.9 Å². The molecule has 2 aromatic rings. The van der Waals surface area contributed by atoms with Crippen molar-refractivity contribution < 1.29 is 13.9 Å². The highest BCUT2D eigenvalue weighted by Crippen LogP contribution is 2.18. The molecule has 0 saturated heterocycles. The molecule has 0 bridgehead atoms. The Morgan fingerprint density at radius 2 is 2.24 bits per heavy atom. The van der Waals surface area contributed by atoms with E-state index in [0.717, 1.165) is 5.56 Å². The van der Waals surface area contributed by atoms with Gasteiger partial charge in [0.2, 0.25) is 0 Å². The Morgan fingerprint density at radius 1 is 1.41 bits per heavy atom. The normalized spacial score (nSPS) is 10.2. The molecule has 0 saturated carbocycles. The number of rotatable bonds is 4. The first-order valence-corrected chi connectivity index (χ1v) is 6.03. The van der Waals surface area contributed by atoms with E-state index >= 15 is 0 Å². The molecule has 0 unspecified atom stereocenters. The molecule has 88 valence electrons. The lowest BCUT2D eigenvalue weighted by Crippen LogP contribution is -2.05. The van der Waals surface area contributed by atoms with Crippen molar-refractivity contribution in [2.24, 2.45) is 0 Å². The minimum Gasteiger partial charge on any atom is -0.497 e. The third-order valence-corrected chi connectivity index (χ3v) is 3.15. The maximum absolute atomic E-state index is 13.6. The summed E-state index contributed by atoms with van der Waals surface area (Å²) in [6.07, 6.45) is 0.229. The van der Waals surface area contributed by atoms with E-state index < -0.39 is 5.82 Å². The van der Waals surface area contributed by atoms with Gasteiger partial charge < -0.3 is 4.74 Å². The largest absolute Gasteiger partial charge is 0.497 e. The van der Waals surface area contributed by atoms with E-state index in [1.165, 1.54) is 30.6 Å². The molecule has 0 radical (unpaired) electrons. The molecule has 0 aliphatic carbocycles. The van der Waals surface area contributed by atoms with Crippen molar-refractivity contribution in [3.8, 4) is 5.75 Å². The van der Waals surface area contributed by atoms with Gasteiger partial charge in [0.25, 0.3) is 0 Å². The Kier molecular flexibility index (Phi) is 3.54. The molecule has 0 fully saturated rings. The summed E-state index contributed by atoms with van der Waals surface area (Å²) in [5.74, 6) is -0.345. The van der Waals surface area contributed by atoms with Gasteiger partial charge in [0.05, 0.1) is 12.7 Å². The SMILES string of the molecule is COc1ccc(C(=O)Cc2ccsc2)c(F)c1. The molecule has 1 aromatic carbocycles. The first kappa shape index (κ1) is 11.8. The molecule has 0 atom stereocenters. The molecule has 0 N–H and O–H groups in total. The number of ether oxygens (including phenoxy) is 1.